The van der Waals surface area contributed by atoms with Gasteiger partial charge in [-0.15, -0.1) is 0 Å². The number of alkyl carbamates (subject to hydrolysis) is 1. The zero-order valence-corrected chi connectivity index (χ0v) is 30.8. The quantitative estimate of drug-likeness (QED) is 0.0860. The smallest absolute Gasteiger partial charge is 0.408 e. The van der Waals surface area contributed by atoms with Gasteiger partial charge in [-0.1, -0.05) is 74.5 Å². The molecule has 0 aromatic heterocycles. The third-order valence-electron chi connectivity index (χ3n) is 7.57. The Morgan fingerprint density at radius 2 is 1.22 bits per heavy atom. The molecule has 7 atom stereocenters. The standard InChI is InChI=1S/C37H47N3O14/c1-20(2)17-28(40-37(49)50-19-25-13-9-7-10-14-25)31(47)30(35(38)54-24(6)44)32(51-21(3)41)33(52-22(4)42)34(53-23(5)43)36(48)39-27(18-29(45)46)26-15-11-8-12-16-26/h7-16,20,27-28,30,32-35H,17-19,38H2,1-6H3,(H,39,48)(H,40,49)(H,45,46)/t27?,28-,30-,32+,33+,34-,35-/m0/s1. The predicted molar refractivity (Wildman–Crippen MR) is 187 cm³/mol. The molecule has 2 aromatic carbocycles. The van der Waals surface area contributed by atoms with E-state index in [1.807, 2.05) is 0 Å². The second-order valence-electron chi connectivity index (χ2n) is 12.6. The number of hydrogen-bond acceptors (Lipinski definition) is 14. The highest BCUT2D eigenvalue weighted by atomic mass is 16.6. The van der Waals surface area contributed by atoms with Gasteiger partial charge in [0.05, 0.1) is 18.5 Å². The number of carboxylic acids is 1. The first-order valence-electron chi connectivity index (χ1n) is 16.9. The van der Waals surface area contributed by atoms with Gasteiger partial charge < -0.3 is 39.4 Å². The zero-order chi connectivity index (χ0) is 40.5. The van der Waals surface area contributed by atoms with Crippen LogP contribution >= 0.6 is 0 Å². The topological polar surface area (TPSA) is 253 Å². The van der Waals surface area contributed by atoms with Crippen LogP contribution in [0.15, 0.2) is 60.7 Å². The molecule has 0 saturated carbocycles. The second kappa shape index (κ2) is 21.6. The Morgan fingerprint density at radius 3 is 1.72 bits per heavy atom. The number of ether oxygens (including phenoxy) is 5. The highest BCUT2D eigenvalue weighted by Crippen LogP contribution is 2.28. The number of nitrogens with two attached hydrogens (primary N) is 1. The monoisotopic (exact) mass is 757 g/mol. The van der Waals surface area contributed by atoms with E-state index in [9.17, 15) is 43.5 Å². The van der Waals surface area contributed by atoms with E-state index in [1.165, 1.54) is 12.1 Å². The number of rotatable bonds is 20. The van der Waals surface area contributed by atoms with Crippen LogP contribution in [0.3, 0.4) is 0 Å². The summed E-state index contributed by atoms with van der Waals surface area (Å²) in [5.74, 6) is -10.1. The average Bonchev–Trinajstić information content (AvgIpc) is 3.07. The van der Waals surface area contributed by atoms with E-state index in [2.05, 4.69) is 10.6 Å². The molecule has 294 valence electrons. The van der Waals surface area contributed by atoms with Crippen molar-refractivity contribution < 1.29 is 67.1 Å². The number of hydrogen-bond donors (Lipinski definition) is 4. The largest absolute Gasteiger partial charge is 0.481 e. The Bertz CT molecular complexity index is 1620. The Morgan fingerprint density at radius 1 is 0.704 bits per heavy atom. The maximum Gasteiger partial charge on any atom is 0.408 e. The molecule has 2 rings (SSSR count). The van der Waals surface area contributed by atoms with E-state index in [0.717, 1.165) is 27.7 Å². The average molecular weight is 758 g/mol. The Labute approximate surface area is 312 Å². The van der Waals surface area contributed by atoms with Crippen LogP contribution in [0.4, 0.5) is 4.79 Å². The predicted octanol–water partition coefficient (Wildman–Crippen LogP) is 2.49. The second-order valence-corrected chi connectivity index (χ2v) is 12.6. The summed E-state index contributed by atoms with van der Waals surface area (Å²) in [7, 11) is 0. The lowest BCUT2D eigenvalue weighted by atomic mass is 9.83. The summed E-state index contributed by atoms with van der Waals surface area (Å²) in [6.07, 6.45) is -10.2. The number of esters is 4. The van der Waals surface area contributed by atoms with Crippen molar-refractivity contribution in [3.05, 3.63) is 71.8 Å². The van der Waals surface area contributed by atoms with Crippen molar-refractivity contribution in [2.24, 2.45) is 17.6 Å². The fourth-order valence-electron chi connectivity index (χ4n) is 5.48. The normalized spacial score (nSPS) is 14.7. The van der Waals surface area contributed by atoms with Crippen molar-refractivity contribution in [1.29, 1.82) is 0 Å². The number of carbonyl (C=O) groups excluding carboxylic acids is 7. The molecule has 2 amide bonds. The van der Waals surface area contributed by atoms with Crippen LogP contribution in [0.2, 0.25) is 0 Å². The minimum Gasteiger partial charge on any atom is -0.481 e. The van der Waals surface area contributed by atoms with E-state index in [4.69, 9.17) is 29.4 Å². The van der Waals surface area contributed by atoms with E-state index < -0.39 is 96.6 Å². The number of carbonyl (C=O) groups is 8. The van der Waals surface area contributed by atoms with Gasteiger partial charge in [0, 0.05) is 27.7 Å². The highest BCUT2D eigenvalue weighted by Gasteiger charge is 2.51. The van der Waals surface area contributed by atoms with E-state index >= 15 is 0 Å². The maximum absolute atomic E-state index is 14.6. The van der Waals surface area contributed by atoms with Crippen LogP contribution in [0, 0.1) is 11.8 Å². The van der Waals surface area contributed by atoms with Crippen molar-refractivity contribution in [3.8, 4) is 0 Å². The van der Waals surface area contributed by atoms with Crippen LogP contribution in [0.25, 0.3) is 0 Å². The fourth-order valence-corrected chi connectivity index (χ4v) is 5.48. The molecule has 5 N–H and O–H groups in total. The third kappa shape index (κ3) is 15.0. The van der Waals surface area contributed by atoms with Gasteiger partial charge in [0.25, 0.3) is 5.91 Å². The molecule has 54 heavy (non-hydrogen) atoms. The van der Waals surface area contributed by atoms with Gasteiger partial charge in [-0.3, -0.25) is 39.3 Å². The minimum atomic E-state index is -2.22. The molecule has 0 radical (unpaired) electrons. The summed E-state index contributed by atoms with van der Waals surface area (Å²) in [6, 6.07) is 13.8. The molecular formula is C37H47N3O14. The lowest BCUT2D eigenvalue weighted by Crippen LogP contribution is -2.61. The number of amides is 2. The van der Waals surface area contributed by atoms with Gasteiger partial charge in [-0.25, -0.2) is 4.79 Å². The first-order valence-corrected chi connectivity index (χ1v) is 16.9. The molecule has 1 unspecified atom stereocenters. The lowest BCUT2D eigenvalue weighted by molar-refractivity contribution is -0.196. The van der Waals surface area contributed by atoms with E-state index in [-0.39, 0.29) is 18.9 Å². The zero-order valence-electron chi connectivity index (χ0n) is 30.8. The summed E-state index contributed by atoms with van der Waals surface area (Å²) >= 11 is 0. The van der Waals surface area contributed by atoms with E-state index in [0.29, 0.717) is 11.1 Å². The molecule has 0 spiro atoms. The van der Waals surface area contributed by atoms with Crippen LogP contribution in [-0.2, 0) is 63.9 Å². The summed E-state index contributed by atoms with van der Waals surface area (Å²) < 4.78 is 26.8. The Hall–Kier alpha value is -5.84. The van der Waals surface area contributed by atoms with Crippen molar-refractivity contribution >= 4 is 47.6 Å². The Kier molecular flexibility index (Phi) is 17.8. The molecule has 0 aliphatic rings. The van der Waals surface area contributed by atoms with Gasteiger partial charge >= 0.3 is 35.9 Å². The van der Waals surface area contributed by atoms with Crippen LogP contribution in [-0.4, -0.2) is 83.3 Å². The van der Waals surface area contributed by atoms with Crippen LogP contribution in [0.1, 0.15) is 71.6 Å². The summed E-state index contributed by atoms with van der Waals surface area (Å²) in [4.78, 5) is 103. The van der Waals surface area contributed by atoms with Gasteiger partial charge in [0.2, 0.25) is 6.10 Å². The van der Waals surface area contributed by atoms with Gasteiger partial charge in [0.15, 0.2) is 24.2 Å². The van der Waals surface area contributed by atoms with Crippen LogP contribution in [0.5, 0.6) is 0 Å². The van der Waals surface area contributed by atoms with Crippen LogP contribution < -0.4 is 16.4 Å². The number of ketones is 1. The summed E-state index contributed by atoms with van der Waals surface area (Å²) in [5.41, 5.74) is 7.25. The molecule has 0 heterocycles. The first-order chi connectivity index (χ1) is 25.4. The number of carboxylic acid groups (broad SMARTS) is 1. The van der Waals surface area contributed by atoms with Crippen molar-refractivity contribution in [2.75, 3.05) is 0 Å². The van der Waals surface area contributed by atoms with Gasteiger partial charge in [-0.2, -0.15) is 0 Å². The maximum atomic E-state index is 14.6. The number of nitrogens with one attached hydrogen (secondary N) is 2. The summed E-state index contributed by atoms with van der Waals surface area (Å²) in [5, 5.41) is 14.5. The third-order valence-corrected chi connectivity index (χ3v) is 7.57. The number of aliphatic carboxylic acids is 1. The van der Waals surface area contributed by atoms with Crippen molar-refractivity contribution in [3.63, 3.8) is 0 Å². The van der Waals surface area contributed by atoms with Crippen molar-refractivity contribution in [1.82, 2.24) is 10.6 Å². The van der Waals surface area contributed by atoms with Crippen molar-refractivity contribution in [2.45, 2.75) is 97.6 Å². The Balaban J connectivity index is 2.72. The molecular weight excluding hydrogens is 710 g/mol. The molecule has 0 aliphatic carbocycles. The first kappa shape index (κ1) is 44.3. The lowest BCUT2D eigenvalue weighted by Gasteiger charge is -2.38. The molecule has 0 aliphatic heterocycles. The molecule has 0 fully saturated rings. The molecule has 17 nitrogen and oxygen atoms in total. The molecule has 17 heteroatoms. The molecule has 0 saturated heterocycles. The van der Waals surface area contributed by atoms with Gasteiger partial charge in [0.1, 0.15) is 12.5 Å². The minimum absolute atomic E-state index is 0.0601. The van der Waals surface area contributed by atoms with Gasteiger partial charge in [-0.05, 0) is 23.5 Å². The number of benzene rings is 2. The highest BCUT2D eigenvalue weighted by molar-refractivity contribution is 5.91. The fraction of sp³-hybridized carbons (Fsp3) is 0.459. The summed E-state index contributed by atoms with van der Waals surface area (Å²) in [6.45, 7) is 7.00. The SMILES string of the molecule is CC(=O)O[C@H]([C@H](OC(C)=O)[C@H](C(=O)[C@H](CC(C)C)NC(=O)OCc1ccccc1)[C@@H](N)OC(C)=O)[C@H](OC(C)=O)C(=O)NC(CC(=O)O)c1ccccc1. The number of Topliss-reactive ketones (excluding diaryl/α,β-unsaturated/α-hetero) is 1. The molecule has 0 bridgehead atoms. The molecule has 2 aromatic rings. The van der Waals surface area contributed by atoms with E-state index in [1.54, 1.807) is 62.4 Å².